The second-order valence-corrected chi connectivity index (χ2v) is 4.30. The van der Waals surface area contributed by atoms with Crippen molar-refractivity contribution in [2.45, 2.75) is 19.1 Å². The van der Waals surface area contributed by atoms with E-state index in [2.05, 4.69) is 0 Å². The van der Waals surface area contributed by atoms with Crippen LogP contribution >= 0.6 is 0 Å². The van der Waals surface area contributed by atoms with Crippen LogP contribution in [0.4, 0.5) is 4.79 Å². The Labute approximate surface area is 120 Å². The molecule has 2 rings (SSSR count). The molecule has 2 atom stereocenters. The number of carbonyl (C=O) groups is 3. The second-order valence-electron chi connectivity index (χ2n) is 4.30. The van der Waals surface area contributed by atoms with Gasteiger partial charge in [0, 0.05) is 0 Å². The topological polar surface area (TPSA) is 117 Å². The number of fused-ring (bicyclic) bond motifs is 1. The first kappa shape index (κ1) is 14.6. The highest BCUT2D eigenvalue weighted by atomic mass is 16.6. The van der Waals surface area contributed by atoms with E-state index < -0.39 is 30.1 Å². The Morgan fingerprint density at radius 3 is 2.67 bits per heavy atom. The van der Waals surface area contributed by atoms with Crippen LogP contribution in [0.5, 0.6) is 11.5 Å². The van der Waals surface area contributed by atoms with Crippen molar-refractivity contribution < 1.29 is 28.6 Å². The number of carbonyl (C=O) groups excluding carboxylic acids is 3. The molecule has 0 radical (unpaired) electrons. The first-order valence-corrected chi connectivity index (χ1v) is 6.16. The summed E-state index contributed by atoms with van der Waals surface area (Å²) in [5.41, 5.74) is 4.80. The third-order valence-electron chi connectivity index (χ3n) is 2.68. The molecule has 8 heteroatoms. The number of nitrogens with one attached hydrogen (secondary N) is 1. The average molecular weight is 294 g/mol. The number of ether oxygens (including phenoxy) is 3. The van der Waals surface area contributed by atoms with Crippen LogP contribution in [0.2, 0.25) is 0 Å². The zero-order valence-corrected chi connectivity index (χ0v) is 11.2. The average Bonchev–Trinajstić information content (AvgIpc) is 2.45. The summed E-state index contributed by atoms with van der Waals surface area (Å²) in [6, 6.07) is 5.85. The molecular weight excluding hydrogens is 280 g/mol. The summed E-state index contributed by atoms with van der Waals surface area (Å²) in [4.78, 5) is 33.8. The Kier molecular flexibility index (Phi) is 4.27. The van der Waals surface area contributed by atoms with Crippen molar-refractivity contribution >= 4 is 17.9 Å². The maximum Gasteiger partial charge on any atom is 0.351 e. The molecule has 0 bridgehead atoms. The molecule has 0 aromatic heterocycles. The van der Waals surface area contributed by atoms with Crippen molar-refractivity contribution in [3.63, 3.8) is 0 Å². The summed E-state index contributed by atoms with van der Waals surface area (Å²) in [6.07, 6.45) is -2.16. The van der Waals surface area contributed by atoms with Crippen molar-refractivity contribution in [1.82, 2.24) is 5.32 Å². The van der Waals surface area contributed by atoms with Crippen LogP contribution in [0, 0.1) is 0 Å². The number of para-hydroxylation sites is 2. The molecule has 3 amide bonds. The van der Waals surface area contributed by atoms with Crippen LogP contribution in [0.1, 0.15) is 6.92 Å². The lowest BCUT2D eigenvalue weighted by atomic mass is 10.2. The number of rotatable bonds is 3. The smallest absolute Gasteiger partial charge is 0.351 e. The van der Waals surface area contributed by atoms with E-state index in [-0.39, 0.29) is 6.61 Å². The van der Waals surface area contributed by atoms with Gasteiger partial charge in [0.15, 0.2) is 17.6 Å². The van der Waals surface area contributed by atoms with E-state index in [9.17, 15) is 14.4 Å². The number of esters is 1. The van der Waals surface area contributed by atoms with Crippen LogP contribution in [0.15, 0.2) is 24.3 Å². The summed E-state index contributed by atoms with van der Waals surface area (Å²) in [5.74, 6) is -0.634. The quantitative estimate of drug-likeness (QED) is 0.755. The lowest BCUT2D eigenvalue weighted by molar-refractivity contribution is -0.163. The number of urea groups is 1. The minimum Gasteiger partial charge on any atom is -0.485 e. The van der Waals surface area contributed by atoms with Crippen molar-refractivity contribution in [3.8, 4) is 11.5 Å². The number of benzene rings is 1. The molecule has 1 aliphatic rings. The molecule has 1 aliphatic heterocycles. The summed E-state index contributed by atoms with van der Waals surface area (Å²) < 4.78 is 15.7. The molecule has 0 saturated carbocycles. The maximum absolute atomic E-state index is 11.9. The highest BCUT2D eigenvalue weighted by Gasteiger charge is 2.31. The van der Waals surface area contributed by atoms with E-state index in [0.29, 0.717) is 11.5 Å². The molecule has 8 nitrogen and oxygen atoms in total. The van der Waals surface area contributed by atoms with Gasteiger partial charge in [-0.2, -0.15) is 0 Å². The molecule has 112 valence electrons. The molecule has 1 heterocycles. The largest absolute Gasteiger partial charge is 0.485 e. The van der Waals surface area contributed by atoms with Gasteiger partial charge < -0.3 is 19.9 Å². The minimum absolute atomic E-state index is 0.0278. The normalized spacial score (nSPS) is 17.5. The number of nitrogens with two attached hydrogens (primary N) is 1. The second kappa shape index (κ2) is 6.12. The molecule has 0 fully saturated rings. The SMILES string of the molecule is C[C@@H](OC(=O)[C@H]1COc2ccccc2O1)C(=O)NC(N)=O. The highest BCUT2D eigenvalue weighted by Crippen LogP contribution is 2.31. The third kappa shape index (κ3) is 3.62. The van der Waals surface area contributed by atoms with Crippen LogP contribution in [0.3, 0.4) is 0 Å². The van der Waals surface area contributed by atoms with Crippen LogP contribution in [0.25, 0.3) is 0 Å². The molecule has 1 aromatic carbocycles. The summed E-state index contributed by atoms with van der Waals surface area (Å²) in [5, 5.41) is 1.82. The van der Waals surface area contributed by atoms with Gasteiger partial charge in [-0.1, -0.05) is 12.1 Å². The fourth-order valence-corrected chi connectivity index (χ4v) is 1.66. The molecule has 21 heavy (non-hydrogen) atoms. The first-order chi connectivity index (χ1) is 9.97. The lowest BCUT2D eigenvalue weighted by Crippen LogP contribution is -2.45. The van der Waals surface area contributed by atoms with Gasteiger partial charge in [-0.25, -0.2) is 9.59 Å². The molecule has 0 unspecified atom stereocenters. The monoisotopic (exact) mass is 294 g/mol. The van der Waals surface area contributed by atoms with Gasteiger partial charge in [-0.05, 0) is 19.1 Å². The molecular formula is C13H14N2O6. The van der Waals surface area contributed by atoms with E-state index in [1.165, 1.54) is 6.92 Å². The molecule has 0 spiro atoms. The van der Waals surface area contributed by atoms with E-state index in [4.69, 9.17) is 19.9 Å². The van der Waals surface area contributed by atoms with Gasteiger partial charge in [0.2, 0.25) is 6.10 Å². The van der Waals surface area contributed by atoms with Crippen molar-refractivity contribution in [3.05, 3.63) is 24.3 Å². The van der Waals surface area contributed by atoms with Crippen LogP contribution < -0.4 is 20.5 Å². The lowest BCUT2D eigenvalue weighted by Gasteiger charge is -2.25. The summed E-state index contributed by atoms with van der Waals surface area (Å²) in [7, 11) is 0. The van der Waals surface area contributed by atoms with Gasteiger partial charge in [-0.15, -0.1) is 0 Å². The van der Waals surface area contributed by atoms with Crippen molar-refractivity contribution in [2.75, 3.05) is 6.61 Å². The maximum atomic E-state index is 11.9. The Hall–Kier alpha value is -2.77. The standard InChI is InChI=1S/C13H14N2O6/c1-7(11(16)15-13(14)18)20-12(17)10-6-19-8-4-2-3-5-9(8)21-10/h2-5,7,10H,6H2,1H3,(H3,14,15,16,18)/t7-,10-/m1/s1. The van der Waals surface area contributed by atoms with Gasteiger partial charge in [-0.3, -0.25) is 10.1 Å². The fourth-order valence-electron chi connectivity index (χ4n) is 1.66. The van der Waals surface area contributed by atoms with E-state index >= 15 is 0 Å². The Morgan fingerprint density at radius 2 is 2.00 bits per heavy atom. The molecule has 3 N–H and O–H groups in total. The van der Waals surface area contributed by atoms with Gasteiger partial charge in [0.25, 0.3) is 5.91 Å². The van der Waals surface area contributed by atoms with Gasteiger partial charge >= 0.3 is 12.0 Å². The summed E-state index contributed by atoms with van der Waals surface area (Å²) >= 11 is 0. The van der Waals surface area contributed by atoms with Crippen LogP contribution in [-0.2, 0) is 14.3 Å². The Bertz CT molecular complexity index is 574. The number of hydrogen-bond acceptors (Lipinski definition) is 6. The van der Waals surface area contributed by atoms with E-state index in [1.807, 2.05) is 5.32 Å². The fraction of sp³-hybridized carbons (Fsp3) is 0.308. The number of primary amides is 1. The van der Waals surface area contributed by atoms with Crippen molar-refractivity contribution in [1.29, 1.82) is 0 Å². The zero-order chi connectivity index (χ0) is 15.4. The highest BCUT2D eigenvalue weighted by molar-refractivity contribution is 5.96. The Balaban J connectivity index is 1.93. The number of hydrogen-bond donors (Lipinski definition) is 2. The summed E-state index contributed by atoms with van der Waals surface area (Å²) in [6.45, 7) is 1.29. The van der Waals surface area contributed by atoms with E-state index in [0.717, 1.165) is 0 Å². The Morgan fingerprint density at radius 1 is 1.33 bits per heavy atom. The first-order valence-electron chi connectivity index (χ1n) is 6.16. The number of imide groups is 1. The minimum atomic E-state index is -1.18. The third-order valence-corrected chi connectivity index (χ3v) is 2.68. The van der Waals surface area contributed by atoms with Crippen LogP contribution in [-0.4, -0.2) is 36.7 Å². The molecule has 1 aromatic rings. The molecule has 0 saturated heterocycles. The van der Waals surface area contributed by atoms with Gasteiger partial charge in [0.05, 0.1) is 0 Å². The predicted molar refractivity (Wildman–Crippen MR) is 69.6 cm³/mol. The zero-order valence-electron chi connectivity index (χ0n) is 11.2. The van der Waals surface area contributed by atoms with Crippen molar-refractivity contribution in [2.24, 2.45) is 5.73 Å². The van der Waals surface area contributed by atoms with E-state index in [1.54, 1.807) is 24.3 Å². The van der Waals surface area contributed by atoms with Gasteiger partial charge in [0.1, 0.15) is 6.61 Å². The molecule has 0 aliphatic carbocycles. The predicted octanol–water partition coefficient (Wildman–Crippen LogP) is -0.0470. The number of amides is 3.